The molecule has 0 unspecified atom stereocenters. The largest absolute Gasteiger partial charge is 0.508 e. The summed E-state index contributed by atoms with van der Waals surface area (Å²) in [6.45, 7) is 4.67. The van der Waals surface area contributed by atoms with Crippen LogP contribution in [-0.2, 0) is 13.6 Å². The first kappa shape index (κ1) is 27.8. The number of para-hydroxylation sites is 1. The normalized spacial score (nSPS) is 17.2. The van der Waals surface area contributed by atoms with Gasteiger partial charge in [0.15, 0.2) is 5.82 Å². The number of fused-ring (bicyclic) bond motifs is 2. The van der Waals surface area contributed by atoms with Gasteiger partial charge < -0.3 is 23.9 Å². The molecular formula is C35H37ClN4O3. The predicted molar refractivity (Wildman–Crippen MR) is 172 cm³/mol. The zero-order valence-electron chi connectivity index (χ0n) is 24.9. The highest BCUT2D eigenvalue weighted by atomic mass is 35.5. The molecule has 222 valence electrons. The van der Waals surface area contributed by atoms with E-state index < -0.39 is 0 Å². The zero-order valence-corrected chi connectivity index (χ0v) is 25.7. The molecule has 43 heavy (non-hydrogen) atoms. The fraction of sp³-hybridized carbons (Fsp3) is 0.371. The van der Waals surface area contributed by atoms with Crippen molar-refractivity contribution >= 4 is 39.4 Å². The minimum atomic E-state index is 0.0452. The summed E-state index contributed by atoms with van der Waals surface area (Å²) >= 11 is 6.65. The quantitative estimate of drug-likeness (QED) is 0.207. The Labute approximate surface area is 256 Å². The third-order valence-corrected chi connectivity index (χ3v) is 9.63. The number of benzene rings is 3. The molecule has 1 saturated carbocycles. The number of amides is 1. The highest BCUT2D eigenvalue weighted by Crippen LogP contribution is 2.42. The van der Waals surface area contributed by atoms with E-state index in [1.54, 1.807) is 19.2 Å². The van der Waals surface area contributed by atoms with Crippen LogP contribution in [0.2, 0.25) is 5.02 Å². The Bertz CT molecular complexity index is 1870. The average Bonchev–Trinajstić information content (AvgIpc) is 3.68. The van der Waals surface area contributed by atoms with Gasteiger partial charge in [-0.1, -0.05) is 43.1 Å². The highest BCUT2D eigenvalue weighted by Gasteiger charge is 2.29. The Hall–Kier alpha value is -3.97. The number of methoxy groups -OCH3 is 1. The number of likely N-dealkylation sites (tertiary alicyclic amines) is 1. The standard InChI is InChI=1S/C35H37ClN4O3/c1-4-21-7-6-14-39(19-21)35(42)24-15-29-33(31(17-24)43-3)38(2)34(37-29)30-16-23-8-5-9-27(26-13-12-25(41)18-28(26)36)32(23)40(30)20-22-10-11-22/h5,8-9,12-13,15-18,21-22,41H,4,6-7,10-11,14,19-20H2,1-3H3/t21-/m1/s1. The van der Waals surface area contributed by atoms with Gasteiger partial charge in [0.05, 0.1) is 28.9 Å². The molecule has 8 heteroatoms. The van der Waals surface area contributed by atoms with Crippen LogP contribution in [0.3, 0.4) is 0 Å². The summed E-state index contributed by atoms with van der Waals surface area (Å²) < 4.78 is 10.3. The average molecular weight is 597 g/mol. The van der Waals surface area contributed by atoms with Crippen LogP contribution in [0.1, 0.15) is 49.4 Å². The lowest BCUT2D eigenvalue weighted by Gasteiger charge is -2.32. The number of ether oxygens (including phenoxy) is 1. The second-order valence-electron chi connectivity index (χ2n) is 12.2. The molecular weight excluding hydrogens is 560 g/mol. The molecule has 0 spiro atoms. The van der Waals surface area contributed by atoms with Crippen LogP contribution in [0.5, 0.6) is 11.5 Å². The summed E-state index contributed by atoms with van der Waals surface area (Å²) in [6, 6.07) is 17.4. The third kappa shape index (κ3) is 4.93. The second kappa shape index (κ2) is 10.9. The molecule has 2 aromatic heterocycles. The number of phenolic OH excluding ortho intramolecular Hbond substituents is 1. The number of halogens is 1. The van der Waals surface area contributed by atoms with Crippen molar-refractivity contribution in [1.82, 2.24) is 19.0 Å². The van der Waals surface area contributed by atoms with E-state index in [1.807, 2.05) is 36.2 Å². The van der Waals surface area contributed by atoms with Gasteiger partial charge in [-0.05, 0) is 73.9 Å². The molecule has 5 aromatic rings. The van der Waals surface area contributed by atoms with Crippen molar-refractivity contribution in [3.05, 3.63) is 65.2 Å². The number of phenols is 1. The third-order valence-electron chi connectivity index (χ3n) is 9.31. The van der Waals surface area contributed by atoms with Gasteiger partial charge in [-0.25, -0.2) is 4.98 Å². The minimum Gasteiger partial charge on any atom is -0.508 e. The molecule has 1 saturated heterocycles. The van der Waals surface area contributed by atoms with Gasteiger partial charge in [0.1, 0.15) is 17.0 Å². The molecule has 1 aliphatic carbocycles. The lowest BCUT2D eigenvalue weighted by Crippen LogP contribution is -2.39. The Balaban J connectivity index is 1.38. The van der Waals surface area contributed by atoms with Crippen molar-refractivity contribution in [2.45, 2.75) is 45.6 Å². The maximum absolute atomic E-state index is 13.7. The number of piperidine rings is 1. The van der Waals surface area contributed by atoms with E-state index in [2.05, 4.69) is 34.3 Å². The van der Waals surface area contributed by atoms with Crippen LogP contribution in [-0.4, -0.2) is 50.2 Å². The van der Waals surface area contributed by atoms with E-state index >= 15 is 0 Å². The Morgan fingerprint density at radius 3 is 2.63 bits per heavy atom. The summed E-state index contributed by atoms with van der Waals surface area (Å²) in [5, 5.41) is 11.6. The van der Waals surface area contributed by atoms with E-state index in [4.69, 9.17) is 21.3 Å². The van der Waals surface area contributed by atoms with Crippen LogP contribution in [0.15, 0.2) is 54.6 Å². The van der Waals surface area contributed by atoms with Crippen molar-refractivity contribution in [3.63, 3.8) is 0 Å². The number of rotatable bonds is 7. The van der Waals surface area contributed by atoms with Crippen molar-refractivity contribution in [2.75, 3.05) is 20.2 Å². The van der Waals surface area contributed by atoms with Gasteiger partial charge in [0.2, 0.25) is 0 Å². The molecule has 2 aliphatic rings. The topological polar surface area (TPSA) is 72.5 Å². The van der Waals surface area contributed by atoms with E-state index in [-0.39, 0.29) is 11.7 Å². The van der Waals surface area contributed by atoms with Crippen molar-refractivity contribution < 1.29 is 14.6 Å². The van der Waals surface area contributed by atoms with Crippen LogP contribution in [0, 0.1) is 11.8 Å². The van der Waals surface area contributed by atoms with Crippen LogP contribution >= 0.6 is 11.6 Å². The lowest BCUT2D eigenvalue weighted by atomic mass is 9.95. The lowest BCUT2D eigenvalue weighted by molar-refractivity contribution is 0.0671. The molecule has 1 atom stereocenters. The Morgan fingerprint density at radius 2 is 1.88 bits per heavy atom. The fourth-order valence-corrected chi connectivity index (χ4v) is 7.06. The summed E-state index contributed by atoms with van der Waals surface area (Å²) in [7, 11) is 3.67. The first-order chi connectivity index (χ1) is 20.9. The predicted octanol–water partition coefficient (Wildman–Crippen LogP) is 7.90. The number of hydrogen-bond acceptors (Lipinski definition) is 4. The van der Waals surface area contributed by atoms with Gasteiger partial charge in [-0.15, -0.1) is 0 Å². The van der Waals surface area contributed by atoms with Gasteiger partial charge >= 0.3 is 0 Å². The molecule has 3 heterocycles. The van der Waals surface area contributed by atoms with Gasteiger partial charge in [0, 0.05) is 48.8 Å². The maximum atomic E-state index is 13.7. The van der Waals surface area contributed by atoms with Crippen molar-refractivity contribution in [3.8, 4) is 34.1 Å². The molecule has 7 nitrogen and oxygen atoms in total. The summed E-state index contributed by atoms with van der Waals surface area (Å²) in [4.78, 5) is 20.8. The first-order valence-electron chi connectivity index (χ1n) is 15.3. The summed E-state index contributed by atoms with van der Waals surface area (Å²) in [6.07, 6.45) is 5.73. The van der Waals surface area contributed by atoms with E-state index in [0.29, 0.717) is 28.2 Å². The summed E-state index contributed by atoms with van der Waals surface area (Å²) in [5.41, 5.74) is 6.24. The van der Waals surface area contributed by atoms with E-state index in [1.165, 1.54) is 19.3 Å². The number of aryl methyl sites for hydroxylation is 1. The maximum Gasteiger partial charge on any atom is 0.254 e. The number of carbonyl (C=O) groups is 1. The van der Waals surface area contributed by atoms with Crippen molar-refractivity contribution in [1.29, 1.82) is 0 Å². The SMILES string of the molecule is CC[C@@H]1CCCN(C(=O)c2cc(OC)c3c(c2)nc(-c2cc4cccc(-c5ccc(O)cc5Cl)c4n2CC2CC2)n3C)C1. The zero-order chi connectivity index (χ0) is 29.8. The number of carbonyl (C=O) groups excluding carboxylic acids is 1. The molecule has 0 bridgehead atoms. The van der Waals surface area contributed by atoms with E-state index in [9.17, 15) is 9.90 Å². The molecule has 7 rings (SSSR count). The Morgan fingerprint density at radius 1 is 1.05 bits per heavy atom. The molecule has 1 aliphatic heterocycles. The monoisotopic (exact) mass is 596 g/mol. The molecule has 1 amide bonds. The van der Waals surface area contributed by atoms with Gasteiger partial charge in [-0.2, -0.15) is 0 Å². The molecule has 1 N–H and O–H groups in total. The number of nitrogens with zero attached hydrogens (tertiary/aromatic N) is 4. The number of aromatic hydroxyl groups is 1. The van der Waals surface area contributed by atoms with Crippen LogP contribution in [0.4, 0.5) is 0 Å². The number of aromatic nitrogens is 3. The fourth-order valence-electron chi connectivity index (χ4n) is 6.78. The van der Waals surface area contributed by atoms with Crippen molar-refractivity contribution in [2.24, 2.45) is 18.9 Å². The first-order valence-corrected chi connectivity index (χ1v) is 15.7. The number of imidazole rings is 1. The van der Waals surface area contributed by atoms with E-state index in [0.717, 1.165) is 77.1 Å². The van der Waals surface area contributed by atoms with Crippen LogP contribution in [0.25, 0.3) is 44.6 Å². The van der Waals surface area contributed by atoms with Crippen LogP contribution < -0.4 is 4.74 Å². The highest BCUT2D eigenvalue weighted by molar-refractivity contribution is 6.33. The van der Waals surface area contributed by atoms with Gasteiger partial charge in [0.25, 0.3) is 5.91 Å². The minimum absolute atomic E-state index is 0.0452. The Kier molecular flexibility index (Phi) is 7.08. The summed E-state index contributed by atoms with van der Waals surface area (Å²) in [5.74, 6) is 2.83. The smallest absolute Gasteiger partial charge is 0.254 e. The molecule has 0 radical (unpaired) electrons. The molecule has 2 fully saturated rings. The molecule has 3 aromatic carbocycles. The van der Waals surface area contributed by atoms with Gasteiger partial charge in [-0.3, -0.25) is 4.79 Å². The second-order valence-corrected chi connectivity index (χ2v) is 12.6. The number of hydrogen-bond donors (Lipinski definition) is 1.